The topological polar surface area (TPSA) is 121 Å². The number of nitrogens with two attached hydrogens (primary N) is 1. The van der Waals surface area contributed by atoms with Gasteiger partial charge in [-0.1, -0.05) is 0 Å². The molecule has 15 heteroatoms. The van der Waals surface area contributed by atoms with Crippen molar-refractivity contribution in [3.8, 4) is 11.1 Å². The van der Waals surface area contributed by atoms with E-state index in [1.165, 1.54) is 10.9 Å². The summed E-state index contributed by atoms with van der Waals surface area (Å²) in [5, 5.41) is 9.90. The predicted molar refractivity (Wildman–Crippen MR) is 112 cm³/mol. The van der Waals surface area contributed by atoms with Crippen molar-refractivity contribution in [3.63, 3.8) is 0 Å². The lowest BCUT2D eigenvalue weighted by molar-refractivity contribution is -0.140. The number of halogens is 5. The number of hydrogen-bond acceptors (Lipinski definition) is 6. The third kappa shape index (κ3) is 3.98. The maximum absolute atomic E-state index is 13.6. The summed E-state index contributed by atoms with van der Waals surface area (Å²) in [6.45, 7) is -1.37. The maximum Gasteiger partial charge on any atom is 0.433 e. The zero-order valence-corrected chi connectivity index (χ0v) is 18.1. The lowest BCUT2D eigenvalue weighted by atomic mass is 10.0. The van der Waals surface area contributed by atoms with Crippen LogP contribution in [-0.4, -0.2) is 36.4 Å². The summed E-state index contributed by atoms with van der Waals surface area (Å²) in [6.07, 6.45) is -2.59. The Labute approximate surface area is 191 Å². The predicted octanol–water partition coefficient (Wildman–Crippen LogP) is 3.97. The molecule has 4 heterocycles. The number of thiophene rings is 1. The molecule has 0 radical (unpaired) electrons. The minimum Gasteiger partial charge on any atom is -0.365 e. The van der Waals surface area contributed by atoms with Crippen molar-refractivity contribution in [3.05, 3.63) is 46.5 Å². The number of alkyl halides is 5. The van der Waals surface area contributed by atoms with Gasteiger partial charge in [0.2, 0.25) is 0 Å². The Hall–Kier alpha value is -3.88. The summed E-state index contributed by atoms with van der Waals surface area (Å²) in [4.78, 5) is 28.0. The van der Waals surface area contributed by atoms with Crippen LogP contribution in [0.1, 0.15) is 38.1 Å². The molecule has 4 aromatic heterocycles. The molecule has 4 rings (SSSR count). The van der Waals surface area contributed by atoms with Crippen LogP contribution in [0, 0.1) is 6.92 Å². The third-order valence-corrected chi connectivity index (χ3v) is 6.08. The Morgan fingerprint density at radius 1 is 1.24 bits per heavy atom. The van der Waals surface area contributed by atoms with Crippen LogP contribution in [-0.2, 0) is 13.2 Å². The van der Waals surface area contributed by atoms with E-state index in [4.69, 9.17) is 5.73 Å². The maximum atomic E-state index is 13.6. The Kier molecular flexibility index (Phi) is 5.59. The van der Waals surface area contributed by atoms with Gasteiger partial charge in [-0.2, -0.15) is 32.1 Å². The largest absolute Gasteiger partial charge is 0.433 e. The van der Waals surface area contributed by atoms with E-state index in [1.807, 2.05) is 0 Å². The molecular formula is C19H14F5N7O2S. The van der Waals surface area contributed by atoms with Crippen molar-refractivity contribution < 1.29 is 31.5 Å². The first-order chi connectivity index (χ1) is 15.9. The number of aryl methyl sites for hydroxylation is 1. The van der Waals surface area contributed by atoms with E-state index in [-0.39, 0.29) is 31.0 Å². The van der Waals surface area contributed by atoms with Crippen LogP contribution in [0.25, 0.3) is 21.3 Å². The third-order valence-electron chi connectivity index (χ3n) is 4.98. The normalized spacial score (nSPS) is 12.0. The van der Waals surface area contributed by atoms with E-state index >= 15 is 0 Å². The van der Waals surface area contributed by atoms with E-state index in [9.17, 15) is 31.5 Å². The molecule has 4 aromatic rings. The van der Waals surface area contributed by atoms with Gasteiger partial charge < -0.3 is 11.1 Å². The average molecular weight is 499 g/mol. The van der Waals surface area contributed by atoms with Gasteiger partial charge in [0.25, 0.3) is 11.8 Å². The number of carbonyl (C=O) groups excluding carboxylic acids is 2. The van der Waals surface area contributed by atoms with Crippen LogP contribution < -0.4 is 11.1 Å². The number of hydrogen-bond donors (Lipinski definition) is 2. The fourth-order valence-corrected chi connectivity index (χ4v) is 4.26. The number of rotatable bonds is 5. The fraction of sp³-hybridized carbons (Fsp3) is 0.211. The molecule has 0 unspecified atom stereocenters. The van der Waals surface area contributed by atoms with E-state index in [1.54, 1.807) is 14.0 Å². The van der Waals surface area contributed by atoms with Crippen molar-refractivity contribution >= 4 is 39.1 Å². The fourth-order valence-electron chi connectivity index (χ4n) is 3.26. The first-order valence-corrected chi connectivity index (χ1v) is 10.2. The number of carbonyl (C=O) groups is 2. The first-order valence-electron chi connectivity index (χ1n) is 9.36. The highest BCUT2D eigenvalue weighted by Crippen LogP contribution is 2.44. The Morgan fingerprint density at radius 3 is 2.47 bits per heavy atom. The molecule has 9 nitrogen and oxygen atoms in total. The van der Waals surface area contributed by atoms with Crippen LogP contribution in [0.4, 0.5) is 27.6 Å². The van der Waals surface area contributed by atoms with E-state index in [2.05, 4.69) is 20.5 Å². The number of nitrogens with zero attached hydrogens (tertiary/aromatic N) is 5. The van der Waals surface area contributed by atoms with Gasteiger partial charge in [0.1, 0.15) is 15.4 Å². The Bertz CT molecular complexity index is 1440. The number of pyridine rings is 1. The van der Waals surface area contributed by atoms with Crippen LogP contribution in [0.2, 0.25) is 0 Å². The summed E-state index contributed by atoms with van der Waals surface area (Å²) in [6, 6.07) is 1.80. The molecule has 178 valence electrons. The number of aromatic nitrogens is 5. The zero-order chi connectivity index (χ0) is 24.9. The Balaban J connectivity index is 1.96. The summed E-state index contributed by atoms with van der Waals surface area (Å²) in [5.74, 6) is -2.01. The monoisotopic (exact) mass is 499 g/mol. The van der Waals surface area contributed by atoms with Gasteiger partial charge in [-0.3, -0.25) is 14.3 Å². The molecule has 0 bridgehead atoms. The highest BCUT2D eigenvalue weighted by atomic mass is 32.1. The van der Waals surface area contributed by atoms with Gasteiger partial charge in [0, 0.05) is 29.9 Å². The lowest BCUT2D eigenvalue weighted by Gasteiger charge is -2.12. The van der Waals surface area contributed by atoms with Gasteiger partial charge >= 0.3 is 12.7 Å². The second-order valence-corrected chi connectivity index (χ2v) is 8.08. The standard InChI is InChI=1S/C19H14F5N7O2S/c1-7-9(6-26-30(7)2)8-5-11(19(22,23)24)27-17-12(8)13(14(34-17)15(25)32)28-16(33)10-3-4-31(29-10)18(20)21/h3-6,18H,1-2H3,(H2,25,32)(H,28,33). The Morgan fingerprint density at radius 2 is 1.94 bits per heavy atom. The van der Waals surface area contributed by atoms with Crippen molar-refractivity contribution in [1.82, 2.24) is 24.5 Å². The molecule has 0 fully saturated rings. The highest BCUT2D eigenvalue weighted by Gasteiger charge is 2.35. The lowest BCUT2D eigenvalue weighted by Crippen LogP contribution is -2.17. The molecule has 0 aromatic carbocycles. The first kappa shape index (κ1) is 23.3. The van der Waals surface area contributed by atoms with Gasteiger partial charge in [-0.15, -0.1) is 11.3 Å². The minimum absolute atomic E-state index is 0.0000785. The van der Waals surface area contributed by atoms with Crippen LogP contribution in [0.5, 0.6) is 0 Å². The summed E-state index contributed by atoms with van der Waals surface area (Å²) in [5.41, 5.74) is 4.38. The number of nitrogens with one attached hydrogen (secondary N) is 1. The van der Waals surface area contributed by atoms with E-state index in [0.29, 0.717) is 22.6 Å². The zero-order valence-electron chi connectivity index (χ0n) is 17.3. The molecule has 0 saturated heterocycles. The molecule has 0 aliphatic heterocycles. The van der Waals surface area contributed by atoms with Crippen LogP contribution in [0.3, 0.4) is 0 Å². The van der Waals surface area contributed by atoms with Crippen LogP contribution >= 0.6 is 11.3 Å². The second-order valence-electron chi connectivity index (χ2n) is 7.08. The second kappa shape index (κ2) is 8.16. The van der Waals surface area contributed by atoms with Crippen molar-refractivity contribution in [1.29, 1.82) is 0 Å². The molecule has 0 spiro atoms. The van der Waals surface area contributed by atoms with Gasteiger partial charge in [0.15, 0.2) is 5.69 Å². The van der Waals surface area contributed by atoms with E-state index < -0.39 is 35.9 Å². The quantitative estimate of drug-likeness (QED) is 0.403. The number of fused-ring (bicyclic) bond motifs is 1. The molecule has 2 amide bonds. The molecular weight excluding hydrogens is 485 g/mol. The van der Waals surface area contributed by atoms with Gasteiger partial charge in [-0.25, -0.2) is 9.67 Å². The number of amides is 2. The summed E-state index contributed by atoms with van der Waals surface area (Å²) in [7, 11) is 1.59. The molecule has 0 atom stereocenters. The summed E-state index contributed by atoms with van der Waals surface area (Å²) >= 11 is 0.558. The molecule has 0 saturated carbocycles. The van der Waals surface area contributed by atoms with Crippen molar-refractivity contribution in [2.75, 3.05) is 5.32 Å². The molecule has 34 heavy (non-hydrogen) atoms. The minimum atomic E-state index is -4.80. The van der Waals surface area contributed by atoms with Crippen LogP contribution in [0.15, 0.2) is 24.5 Å². The van der Waals surface area contributed by atoms with Crippen molar-refractivity contribution in [2.45, 2.75) is 19.6 Å². The molecule has 0 aliphatic rings. The average Bonchev–Trinajstić information content (AvgIpc) is 3.45. The SMILES string of the molecule is Cc1c(-c2cc(C(F)(F)F)nc3sc(C(N)=O)c(NC(=O)c4ccn(C(F)F)n4)c23)cnn1C. The summed E-state index contributed by atoms with van der Waals surface area (Å²) < 4.78 is 68.0. The molecule has 0 aliphatic carbocycles. The van der Waals surface area contributed by atoms with Gasteiger partial charge in [-0.05, 0) is 24.6 Å². The number of anilines is 1. The highest BCUT2D eigenvalue weighted by molar-refractivity contribution is 7.21. The van der Waals surface area contributed by atoms with E-state index in [0.717, 1.165) is 18.3 Å². The smallest absolute Gasteiger partial charge is 0.365 e. The van der Waals surface area contributed by atoms with Gasteiger partial charge in [0.05, 0.1) is 11.9 Å². The molecule has 3 N–H and O–H groups in total. The van der Waals surface area contributed by atoms with Crippen molar-refractivity contribution in [2.24, 2.45) is 12.8 Å². The number of primary amides is 1.